The van der Waals surface area contributed by atoms with E-state index in [4.69, 9.17) is 22.6 Å². The maximum Gasteiger partial charge on any atom is 0.324 e. The fourth-order valence-corrected chi connectivity index (χ4v) is 5.92. The highest BCUT2D eigenvalue weighted by molar-refractivity contribution is 6.04. The SMILES string of the molecule is C[C@H](NC(=O)N(CCCCN=C(N)N)C(=O)[C@@H](NC(=O)C(Cc1ccc(C(=N)N)cc1)C(=O)N(C)C)C1CCCCC1)c1ccccc1. The average molecular weight is 662 g/mol. The lowest BCUT2D eigenvalue weighted by Crippen LogP contribution is -2.58. The number of rotatable bonds is 15. The Balaban J connectivity index is 1.90. The molecular formula is C35H51N9O4. The summed E-state index contributed by atoms with van der Waals surface area (Å²) in [5.74, 6) is -2.96. The number of amidine groups is 1. The summed E-state index contributed by atoms with van der Waals surface area (Å²) in [6.07, 6.45) is 5.27. The molecule has 0 heterocycles. The summed E-state index contributed by atoms with van der Waals surface area (Å²) >= 11 is 0. The molecule has 260 valence electrons. The number of nitrogens with zero attached hydrogens (tertiary/aromatic N) is 3. The first-order valence-electron chi connectivity index (χ1n) is 16.6. The highest BCUT2D eigenvalue weighted by Gasteiger charge is 2.39. The normalized spacial score (nSPS) is 14.9. The van der Waals surface area contributed by atoms with Crippen molar-refractivity contribution in [2.24, 2.45) is 34.0 Å². The molecule has 0 aliphatic heterocycles. The predicted octanol–water partition coefficient (Wildman–Crippen LogP) is 2.64. The molecule has 2 aromatic rings. The van der Waals surface area contributed by atoms with Crippen LogP contribution in [0.4, 0.5) is 4.79 Å². The number of benzene rings is 2. The van der Waals surface area contributed by atoms with Gasteiger partial charge in [-0.15, -0.1) is 0 Å². The number of carbonyl (C=O) groups is 4. The highest BCUT2D eigenvalue weighted by atomic mass is 16.2. The number of hydrogen-bond donors (Lipinski definition) is 6. The van der Waals surface area contributed by atoms with Gasteiger partial charge < -0.3 is 32.7 Å². The Morgan fingerprint density at radius 3 is 2.12 bits per heavy atom. The highest BCUT2D eigenvalue weighted by Crippen LogP contribution is 2.28. The van der Waals surface area contributed by atoms with Crippen LogP contribution in [0.25, 0.3) is 0 Å². The molecule has 5 amide bonds. The van der Waals surface area contributed by atoms with Gasteiger partial charge in [-0.05, 0) is 56.1 Å². The van der Waals surface area contributed by atoms with Crippen molar-refractivity contribution in [1.29, 1.82) is 5.41 Å². The Labute approximate surface area is 283 Å². The number of aliphatic imine (C=N–C) groups is 1. The summed E-state index contributed by atoms with van der Waals surface area (Å²) < 4.78 is 0. The molecule has 0 spiro atoms. The van der Waals surface area contributed by atoms with Gasteiger partial charge in [0.2, 0.25) is 11.8 Å². The Morgan fingerprint density at radius 1 is 0.896 bits per heavy atom. The molecule has 9 N–H and O–H groups in total. The van der Waals surface area contributed by atoms with Gasteiger partial charge in [0.15, 0.2) is 5.96 Å². The van der Waals surface area contributed by atoms with Gasteiger partial charge in [-0.1, -0.05) is 73.9 Å². The van der Waals surface area contributed by atoms with Gasteiger partial charge in [-0.3, -0.25) is 29.7 Å². The number of imide groups is 1. The van der Waals surface area contributed by atoms with Crippen LogP contribution in [0, 0.1) is 17.2 Å². The fraction of sp³-hybridized carbons (Fsp3) is 0.486. The van der Waals surface area contributed by atoms with E-state index >= 15 is 0 Å². The van der Waals surface area contributed by atoms with Gasteiger partial charge in [0.1, 0.15) is 17.8 Å². The van der Waals surface area contributed by atoms with Crippen molar-refractivity contribution in [2.45, 2.75) is 70.4 Å². The van der Waals surface area contributed by atoms with Crippen molar-refractivity contribution in [1.82, 2.24) is 20.4 Å². The largest absolute Gasteiger partial charge is 0.384 e. The number of nitrogens with two attached hydrogens (primary N) is 3. The summed E-state index contributed by atoms with van der Waals surface area (Å²) in [5.41, 5.74) is 18.6. The predicted molar refractivity (Wildman–Crippen MR) is 187 cm³/mol. The van der Waals surface area contributed by atoms with E-state index in [0.29, 0.717) is 43.4 Å². The van der Waals surface area contributed by atoms with Crippen molar-refractivity contribution in [3.05, 3.63) is 71.3 Å². The molecule has 0 bridgehead atoms. The molecule has 0 radical (unpaired) electrons. The molecular weight excluding hydrogens is 610 g/mol. The maximum absolute atomic E-state index is 14.5. The molecule has 1 aliphatic carbocycles. The van der Waals surface area contributed by atoms with Crippen molar-refractivity contribution in [3.8, 4) is 0 Å². The van der Waals surface area contributed by atoms with E-state index in [1.54, 1.807) is 38.4 Å². The minimum absolute atomic E-state index is 0.0333. The smallest absolute Gasteiger partial charge is 0.324 e. The molecule has 1 unspecified atom stereocenters. The number of hydrogen-bond acceptors (Lipinski definition) is 6. The molecule has 2 aromatic carbocycles. The summed E-state index contributed by atoms with van der Waals surface area (Å²) in [5, 5.41) is 13.5. The van der Waals surface area contributed by atoms with Gasteiger partial charge in [-0.2, -0.15) is 0 Å². The lowest BCUT2D eigenvalue weighted by atomic mass is 9.82. The number of amides is 5. The molecule has 3 rings (SSSR count). The topological polar surface area (TPSA) is 213 Å². The zero-order valence-electron chi connectivity index (χ0n) is 28.3. The van der Waals surface area contributed by atoms with Gasteiger partial charge in [0, 0.05) is 32.7 Å². The van der Waals surface area contributed by atoms with Gasteiger partial charge in [-0.25, -0.2) is 4.79 Å². The monoisotopic (exact) mass is 661 g/mol. The van der Waals surface area contributed by atoms with Gasteiger partial charge in [0.25, 0.3) is 5.91 Å². The quantitative estimate of drug-likeness (QED) is 0.0726. The summed E-state index contributed by atoms with van der Waals surface area (Å²) in [6.45, 7) is 2.28. The molecule has 3 atom stereocenters. The fourth-order valence-electron chi connectivity index (χ4n) is 5.92. The molecule has 0 aromatic heterocycles. The number of nitrogen functional groups attached to an aromatic ring is 1. The molecule has 1 aliphatic rings. The van der Waals surface area contributed by atoms with Crippen LogP contribution >= 0.6 is 0 Å². The molecule has 13 heteroatoms. The van der Waals surface area contributed by atoms with E-state index in [0.717, 1.165) is 24.8 Å². The molecule has 13 nitrogen and oxygen atoms in total. The third-order valence-corrected chi connectivity index (χ3v) is 8.68. The zero-order valence-corrected chi connectivity index (χ0v) is 28.3. The van der Waals surface area contributed by atoms with Crippen molar-refractivity contribution >= 4 is 35.5 Å². The van der Waals surface area contributed by atoms with Gasteiger partial charge >= 0.3 is 6.03 Å². The summed E-state index contributed by atoms with van der Waals surface area (Å²) in [6, 6.07) is 14.3. The Kier molecular flexibility index (Phi) is 14.4. The van der Waals surface area contributed by atoms with E-state index in [-0.39, 0.29) is 36.7 Å². The maximum atomic E-state index is 14.5. The van der Waals surface area contributed by atoms with E-state index in [1.807, 2.05) is 37.3 Å². The minimum atomic E-state index is -1.12. The van der Waals surface area contributed by atoms with Crippen LogP contribution in [0.1, 0.15) is 74.6 Å². The number of urea groups is 1. The van der Waals surface area contributed by atoms with Crippen molar-refractivity contribution in [2.75, 3.05) is 27.2 Å². The first-order valence-corrected chi connectivity index (χ1v) is 16.6. The van der Waals surface area contributed by atoms with Crippen molar-refractivity contribution < 1.29 is 19.2 Å². The third-order valence-electron chi connectivity index (χ3n) is 8.68. The second-order valence-corrected chi connectivity index (χ2v) is 12.6. The average Bonchev–Trinajstić information content (AvgIpc) is 3.07. The number of carbonyl (C=O) groups excluding carboxylic acids is 4. The van der Waals surface area contributed by atoms with E-state index in [1.165, 1.54) is 9.80 Å². The van der Waals surface area contributed by atoms with Crippen LogP contribution in [0.2, 0.25) is 0 Å². The van der Waals surface area contributed by atoms with Crippen LogP contribution in [0.5, 0.6) is 0 Å². The zero-order chi connectivity index (χ0) is 35.2. The number of unbranched alkanes of at least 4 members (excludes halogenated alkanes) is 1. The lowest BCUT2D eigenvalue weighted by Gasteiger charge is -2.34. The Hall–Kier alpha value is -4.94. The summed E-state index contributed by atoms with van der Waals surface area (Å²) in [4.78, 5) is 62.2. The molecule has 0 saturated heterocycles. The minimum Gasteiger partial charge on any atom is -0.384 e. The van der Waals surface area contributed by atoms with Crippen LogP contribution in [-0.4, -0.2) is 78.6 Å². The first kappa shape index (κ1) is 37.5. The standard InChI is InChI=1S/C35H51N9O4/c1-23(25-12-6-4-7-13-25)41-35(48)44(21-11-10-20-40-34(38)39)33(47)29(26-14-8-5-9-15-26)42-31(45)28(32(46)43(2)3)22-24-16-18-27(19-17-24)30(36)37/h4,6-7,12-13,16-19,23,26,28-29H,5,8-11,14-15,20-22H2,1-3H3,(H3,36,37)(H,41,48)(H,42,45)(H4,38,39,40)/t23-,28?,29-/m0/s1. The van der Waals surface area contributed by atoms with Crippen LogP contribution in [-0.2, 0) is 20.8 Å². The van der Waals surface area contributed by atoms with Crippen molar-refractivity contribution in [3.63, 3.8) is 0 Å². The molecule has 1 saturated carbocycles. The second-order valence-electron chi connectivity index (χ2n) is 12.6. The van der Waals surface area contributed by atoms with E-state index < -0.39 is 35.7 Å². The number of guanidine groups is 1. The first-order chi connectivity index (χ1) is 22.9. The second kappa shape index (κ2) is 18.4. The Bertz CT molecular complexity index is 1420. The third kappa shape index (κ3) is 11.1. The van der Waals surface area contributed by atoms with E-state index in [2.05, 4.69) is 15.6 Å². The molecule has 48 heavy (non-hydrogen) atoms. The lowest BCUT2D eigenvalue weighted by molar-refractivity contribution is -0.143. The van der Waals surface area contributed by atoms with E-state index in [9.17, 15) is 19.2 Å². The Morgan fingerprint density at radius 2 is 1.54 bits per heavy atom. The van der Waals surface area contributed by atoms with Crippen LogP contribution in [0.15, 0.2) is 59.6 Å². The van der Waals surface area contributed by atoms with Gasteiger partial charge in [0.05, 0.1) is 6.04 Å². The summed E-state index contributed by atoms with van der Waals surface area (Å²) in [7, 11) is 3.15. The molecule has 1 fully saturated rings. The van der Waals surface area contributed by atoms with Crippen LogP contribution < -0.4 is 27.8 Å². The number of nitrogens with one attached hydrogen (secondary N) is 3. The van der Waals surface area contributed by atoms with Crippen LogP contribution in [0.3, 0.4) is 0 Å².